The van der Waals surface area contributed by atoms with Crippen molar-refractivity contribution in [1.29, 1.82) is 0 Å². The van der Waals surface area contributed by atoms with E-state index in [1.54, 1.807) is 0 Å². The number of nitrogens with zero attached hydrogens (tertiary/aromatic N) is 3. The molecule has 0 atom stereocenters. The number of hydrogen-bond acceptors (Lipinski definition) is 3. The minimum Gasteiger partial charge on any atom is -0.481 e. The molecule has 0 bridgehead atoms. The molecule has 1 saturated carbocycles. The van der Waals surface area contributed by atoms with E-state index in [1.807, 2.05) is 6.92 Å². The zero-order valence-electron chi connectivity index (χ0n) is 11.8. The smallest absolute Gasteiger partial charge is 0.306 e. The van der Waals surface area contributed by atoms with Crippen molar-refractivity contribution >= 4 is 5.97 Å². The lowest BCUT2D eigenvalue weighted by Crippen LogP contribution is -2.24. The largest absolute Gasteiger partial charge is 0.481 e. The van der Waals surface area contributed by atoms with Crippen LogP contribution in [0.2, 0.25) is 0 Å². The highest BCUT2D eigenvalue weighted by Gasteiger charge is 2.26. The number of hydrogen-bond donors (Lipinski definition) is 1. The number of carbonyl (C=O) groups is 1. The monoisotopic (exact) mass is 265 g/mol. The van der Waals surface area contributed by atoms with E-state index >= 15 is 0 Å². The minimum atomic E-state index is -0.634. The number of aromatic nitrogens is 3. The summed E-state index contributed by atoms with van der Waals surface area (Å²) in [5, 5.41) is 17.4. The third kappa shape index (κ3) is 3.33. The van der Waals surface area contributed by atoms with Crippen molar-refractivity contribution < 1.29 is 9.90 Å². The summed E-state index contributed by atoms with van der Waals surface area (Å²) in [6.45, 7) is 5.09. The molecule has 0 aromatic carbocycles. The number of rotatable bonds is 5. The fourth-order valence-electron chi connectivity index (χ4n) is 2.92. The molecule has 1 N–H and O–H groups in total. The lowest BCUT2D eigenvalue weighted by Gasteiger charge is -2.27. The van der Waals surface area contributed by atoms with E-state index < -0.39 is 5.97 Å². The van der Waals surface area contributed by atoms with Gasteiger partial charge in [-0.3, -0.25) is 4.79 Å². The van der Waals surface area contributed by atoms with Crippen molar-refractivity contribution in [3.63, 3.8) is 0 Å². The van der Waals surface area contributed by atoms with Gasteiger partial charge in [-0.15, -0.1) is 10.2 Å². The summed E-state index contributed by atoms with van der Waals surface area (Å²) in [7, 11) is 0. The van der Waals surface area contributed by atoms with Crippen molar-refractivity contribution in [3.05, 3.63) is 11.6 Å². The van der Waals surface area contributed by atoms with Crippen LogP contribution in [0.25, 0.3) is 0 Å². The second-order valence-electron chi connectivity index (χ2n) is 5.58. The fourth-order valence-corrected chi connectivity index (χ4v) is 2.92. The Morgan fingerprint density at radius 1 is 1.32 bits per heavy atom. The van der Waals surface area contributed by atoms with Gasteiger partial charge in [0.2, 0.25) is 0 Å². The lowest BCUT2D eigenvalue weighted by molar-refractivity contribution is -0.143. The average molecular weight is 265 g/mol. The van der Waals surface area contributed by atoms with Gasteiger partial charge in [0.05, 0.1) is 5.92 Å². The van der Waals surface area contributed by atoms with Gasteiger partial charge in [0.15, 0.2) is 0 Å². The molecule has 0 amide bonds. The number of carboxylic acid groups (broad SMARTS) is 1. The molecular formula is C14H23N3O2. The van der Waals surface area contributed by atoms with Crippen LogP contribution in [0.5, 0.6) is 0 Å². The van der Waals surface area contributed by atoms with Gasteiger partial charge in [-0.25, -0.2) is 0 Å². The van der Waals surface area contributed by atoms with E-state index in [-0.39, 0.29) is 5.92 Å². The zero-order chi connectivity index (χ0) is 13.8. The average Bonchev–Trinajstić information content (AvgIpc) is 2.73. The van der Waals surface area contributed by atoms with Crippen LogP contribution in [-0.4, -0.2) is 25.8 Å². The summed E-state index contributed by atoms with van der Waals surface area (Å²) in [4.78, 5) is 10.9. The lowest BCUT2D eigenvalue weighted by atomic mass is 9.82. The van der Waals surface area contributed by atoms with Crippen molar-refractivity contribution in [2.24, 2.45) is 11.8 Å². The Hall–Kier alpha value is -1.39. The van der Waals surface area contributed by atoms with Crippen molar-refractivity contribution in [2.45, 2.75) is 58.9 Å². The summed E-state index contributed by atoms with van der Waals surface area (Å²) < 4.78 is 2.22. The van der Waals surface area contributed by atoms with Crippen LogP contribution in [0.1, 0.15) is 50.7 Å². The summed E-state index contributed by atoms with van der Waals surface area (Å²) >= 11 is 0. The third-order valence-electron chi connectivity index (χ3n) is 4.12. The van der Waals surface area contributed by atoms with Gasteiger partial charge >= 0.3 is 5.97 Å². The van der Waals surface area contributed by atoms with Crippen LogP contribution in [-0.2, 0) is 17.8 Å². The van der Waals surface area contributed by atoms with Crippen LogP contribution in [0, 0.1) is 18.8 Å². The van der Waals surface area contributed by atoms with E-state index in [2.05, 4.69) is 21.7 Å². The van der Waals surface area contributed by atoms with Crippen molar-refractivity contribution in [3.8, 4) is 0 Å². The Morgan fingerprint density at radius 2 is 2.00 bits per heavy atom. The predicted molar refractivity (Wildman–Crippen MR) is 71.8 cm³/mol. The number of aryl methyl sites for hydroxylation is 2. The van der Waals surface area contributed by atoms with Gasteiger partial charge in [0.1, 0.15) is 11.6 Å². The summed E-state index contributed by atoms with van der Waals surface area (Å²) in [6.07, 6.45) is 5.66. The molecule has 0 saturated heterocycles. The highest BCUT2D eigenvalue weighted by Crippen LogP contribution is 2.30. The Bertz CT molecular complexity index is 434. The first-order chi connectivity index (χ1) is 9.11. The molecule has 0 unspecified atom stereocenters. The van der Waals surface area contributed by atoms with Gasteiger partial charge in [-0.1, -0.05) is 6.92 Å². The minimum absolute atomic E-state index is 0.131. The second kappa shape index (κ2) is 6.17. The van der Waals surface area contributed by atoms with Gasteiger partial charge < -0.3 is 9.67 Å². The first kappa shape index (κ1) is 14.0. The maximum Gasteiger partial charge on any atom is 0.306 e. The summed E-state index contributed by atoms with van der Waals surface area (Å²) in [5.41, 5.74) is 0. The van der Waals surface area contributed by atoms with Crippen LogP contribution >= 0.6 is 0 Å². The van der Waals surface area contributed by atoms with Gasteiger partial charge in [-0.05, 0) is 44.9 Å². The van der Waals surface area contributed by atoms with Crippen molar-refractivity contribution in [1.82, 2.24) is 14.8 Å². The molecule has 5 nitrogen and oxygen atoms in total. The van der Waals surface area contributed by atoms with Crippen LogP contribution in [0.3, 0.4) is 0 Å². The van der Waals surface area contributed by atoms with E-state index in [4.69, 9.17) is 5.11 Å². The second-order valence-corrected chi connectivity index (χ2v) is 5.58. The van der Waals surface area contributed by atoms with Crippen LogP contribution < -0.4 is 0 Å². The Morgan fingerprint density at radius 3 is 2.58 bits per heavy atom. The van der Waals surface area contributed by atoms with Crippen molar-refractivity contribution in [2.75, 3.05) is 0 Å². The number of aliphatic carboxylic acids is 1. The van der Waals surface area contributed by atoms with Gasteiger partial charge in [0.25, 0.3) is 0 Å². The molecule has 1 aromatic rings. The highest BCUT2D eigenvalue weighted by atomic mass is 16.4. The molecule has 2 rings (SSSR count). The third-order valence-corrected chi connectivity index (χ3v) is 4.12. The molecule has 5 heteroatoms. The van der Waals surface area contributed by atoms with Gasteiger partial charge in [-0.2, -0.15) is 0 Å². The standard InChI is InChI=1S/C14H23N3O2/c1-3-4-13-16-15-10(2)17(13)9-11-5-7-12(8-6-11)14(18)19/h11-12H,3-9H2,1-2H3,(H,18,19). The first-order valence-electron chi connectivity index (χ1n) is 7.23. The van der Waals surface area contributed by atoms with E-state index in [0.29, 0.717) is 5.92 Å². The maximum absolute atomic E-state index is 10.9. The molecule has 1 aliphatic rings. The summed E-state index contributed by atoms with van der Waals surface area (Å²) in [5.74, 6) is 1.85. The molecule has 19 heavy (non-hydrogen) atoms. The molecule has 1 fully saturated rings. The summed E-state index contributed by atoms with van der Waals surface area (Å²) in [6, 6.07) is 0. The normalized spacial score (nSPS) is 23.5. The molecule has 0 radical (unpaired) electrons. The van der Waals surface area contributed by atoms with Crippen LogP contribution in [0.4, 0.5) is 0 Å². The van der Waals surface area contributed by atoms with E-state index in [1.165, 1.54) is 0 Å². The number of carboxylic acids is 1. The molecule has 0 spiro atoms. The molecule has 106 valence electrons. The Labute approximate surface area is 114 Å². The molecule has 1 aromatic heterocycles. The highest BCUT2D eigenvalue weighted by molar-refractivity contribution is 5.69. The first-order valence-corrected chi connectivity index (χ1v) is 7.23. The zero-order valence-corrected chi connectivity index (χ0v) is 11.8. The fraction of sp³-hybridized carbons (Fsp3) is 0.786. The Kier molecular flexibility index (Phi) is 4.56. The van der Waals surface area contributed by atoms with Crippen LogP contribution in [0.15, 0.2) is 0 Å². The molecule has 1 aliphatic carbocycles. The SMILES string of the molecule is CCCc1nnc(C)n1CC1CCC(C(=O)O)CC1. The quantitative estimate of drug-likeness (QED) is 0.887. The van der Waals surface area contributed by atoms with E-state index in [0.717, 1.165) is 56.7 Å². The van der Waals surface area contributed by atoms with E-state index in [9.17, 15) is 4.79 Å². The topological polar surface area (TPSA) is 68.0 Å². The molecule has 0 aliphatic heterocycles. The molecular weight excluding hydrogens is 242 g/mol. The Balaban J connectivity index is 1.95. The molecule has 1 heterocycles. The van der Waals surface area contributed by atoms with Gasteiger partial charge in [0, 0.05) is 13.0 Å². The predicted octanol–water partition coefficient (Wildman–Crippen LogP) is 2.43. The maximum atomic E-state index is 10.9.